The number of carbonyl (C=O) groups is 1. The lowest BCUT2D eigenvalue weighted by Gasteiger charge is -2.17. The van der Waals surface area contributed by atoms with Gasteiger partial charge < -0.3 is 4.74 Å². The standard InChI is InChI=1S/C7H12F3NO4S/c1-3-15-6(12)4-5-11(2)16(13,14)7(8,9)10/h3-5H2,1-2H3. The van der Waals surface area contributed by atoms with E-state index >= 15 is 0 Å². The lowest BCUT2D eigenvalue weighted by Crippen LogP contribution is -2.39. The third-order valence-corrected chi connectivity index (χ3v) is 3.23. The smallest absolute Gasteiger partial charge is 0.466 e. The summed E-state index contributed by atoms with van der Waals surface area (Å²) in [5.41, 5.74) is -5.35. The Hall–Kier alpha value is -0.830. The maximum absolute atomic E-state index is 12.0. The molecule has 0 unspecified atom stereocenters. The number of carbonyl (C=O) groups excluding carboxylic acids is 1. The van der Waals surface area contributed by atoms with Crippen molar-refractivity contribution in [2.45, 2.75) is 18.9 Å². The van der Waals surface area contributed by atoms with E-state index in [2.05, 4.69) is 4.74 Å². The summed E-state index contributed by atoms with van der Waals surface area (Å²) in [7, 11) is -4.61. The molecule has 0 N–H and O–H groups in total. The quantitative estimate of drug-likeness (QED) is 0.686. The molecule has 0 heterocycles. The number of hydrogen-bond donors (Lipinski definition) is 0. The Labute approximate surface area is 91.2 Å². The van der Waals surface area contributed by atoms with Crippen molar-refractivity contribution in [1.82, 2.24) is 4.31 Å². The van der Waals surface area contributed by atoms with E-state index < -0.39 is 34.5 Å². The zero-order valence-electron chi connectivity index (χ0n) is 8.74. The van der Waals surface area contributed by atoms with Gasteiger partial charge in [0.25, 0.3) is 0 Å². The lowest BCUT2D eigenvalue weighted by molar-refractivity contribution is -0.143. The molecule has 0 rings (SSSR count). The molecule has 96 valence electrons. The van der Waals surface area contributed by atoms with Crippen LogP contribution in [0.3, 0.4) is 0 Å². The molecule has 0 radical (unpaired) electrons. The number of hydrogen-bond acceptors (Lipinski definition) is 4. The highest BCUT2D eigenvalue weighted by Crippen LogP contribution is 2.25. The molecule has 0 saturated carbocycles. The third kappa shape index (κ3) is 3.97. The third-order valence-electron chi connectivity index (χ3n) is 1.64. The monoisotopic (exact) mass is 263 g/mol. The summed E-state index contributed by atoms with van der Waals surface area (Å²) in [6.07, 6.45) is -0.417. The van der Waals surface area contributed by atoms with E-state index in [4.69, 9.17) is 0 Å². The minimum Gasteiger partial charge on any atom is -0.466 e. The molecule has 0 aromatic rings. The Morgan fingerprint density at radius 2 is 1.88 bits per heavy atom. The normalized spacial score (nSPS) is 12.9. The number of alkyl halides is 3. The van der Waals surface area contributed by atoms with Crippen LogP contribution in [-0.4, -0.2) is 44.4 Å². The van der Waals surface area contributed by atoms with Crippen molar-refractivity contribution in [2.24, 2.45) is 0 Å². The predicted octanol–water partition coefficient (Wildman–Crippen LogP) is 0.721. The number of ether oxygens (including phenoxy) is 1. The molecule has 0 aromatic heterocycles. The van der Waals surface area contributed by atoms with Crippen LogP contribution in [0.25, 0.3) is 0 Å². The molecule has 0 atom stereocenters. The second-order valence-electron chi connectivity index (χ2n) is 2.83. The van der Waals surface area contributed by atoms with Crippen LogP contribution < -0.4 is 0 Å². The molecule has 0 fully saturated rings. The van der Waals surface area contributed by atoms with Gasteiger partial charge in [-0.15, -0.1) is 0 Å². The molecule has 16 heavy (non-hydrogen) atoms. The number of rotatable bonds is 5. The summed E-state index contributed by atoms with van der Waals surface area (Å²) in [5, 5.41) is 0. The van der Waals surface area contributed by atoms with Gasteiger partial charge in [0.15, 0.2) is 0 Å². The number of esters is 1. The Balaban J connectivity index is 4.38. The van der Waals surface area contributed by atoms with Crippen molar-refractivity contribution in [2.75, 3.05) is 20.2 Å². The average molecular weight is 263 g/mol. The van der Waals surface area contributed by atoms with Gasteiger partial charge in [0, 0.05) is 13.6 Å². The first kappa shape index (κ1) is 15.2. The topological polar surface area (TPSA) is 63.7 Å². The van der Waals surface area contributed by atoms with Crippen LogP contribution >= 0.6 is 0 Å². The lowest BCUT2D eigenvalue weighted by atomic mass is 10.4. The minimum atomic E-state index is -5.36. The van der Waals surface area contributed by atoms with Gasteiger partial charge in [0.05, 0.1) is 13.0 Å². The zero-order chi connectivity index (χ0) is 13.0. The average Bonchev–Trinajstić information content (AvgIpc) is 2.12. The van der Waals surface area contributed by atoms with Gasteiger partial charge in [-0.2, -0.15) is 17.5 Å². The molecular formula is C7H12F3NO4S. The van der Waals surface area contributed by atoms with Crippen molar-refractivity contribution < 1.29 is 31.1 Å². The molecular weight excluding hydrogens is 251 g/mol. The molecule has 0 aliphatic heterocycles. The van der Waals surface area contributed by atoms with Gasteiger partial charge in [-0.25, -0.2) is 8.42 Å². The zero-order valence-corrected chi connectivity index (χ0v) is 9.56. The largest absolute Gasteiger partial charge is 0.511 e. The van der Waals surface area contributed by atoms with Crippen LogP contribution in [0.4, 0.5) is 13.2 Å². The molecule has 0 aromatic carbocycles. The van der Waals surface area contributed by atoms with Crippen LogP contribution in [0.5, 0.6) is 0 Å². The van der Waals surface area contributed by atoms with Crippen LogP contribution in [0.1, 0.15) is 13.3 Å². The SMILES string of the molecule is CCOC(=O)CCN(C)S(=O)(=O)C(F)(F)F. The van der Waals surface area contributed by atoms with E-state index in [1.54, 1.807) is 0 Å². The van der Waals surface area contributed by atoms with Crippen LogP contribution in [-0.2, 0) is 19.6 Å². The second-order valence-corrected chi connectivity index (χ2v) is 4.86. The summed E-state index contributed by atoms with van der Waals surface area (Å²) >= 11 is 0. The van der Waals surface area contributed by atoms with E-state index in [1.165, 1.54) is 6.92 Å². The van der Waals surface area contributed by atoms with E-state index in [1.807, 2.05) is 0 Å². The molecule has 9 heteroatoms. The first-order chi connectivity index (χ1) is 7.13. The maximum atomic E-state index is 12.0. The van der Waals surface area contributed by atoms with Crippen LogP contribution in [0.2, 0.25) is 0 Å². The van der Waals surface area contributed by atoms with Gasteiger partial charge in [0.1, 0.15) is 0 Å². The summed E-state index contributed by atoms with van der Waals surface area (Å²) in [4.78, 5) is 10.8. The maximum Gasteiger partial charge on any atom is 0.511 e. The fourth-order valence-corrected chi connectivity index (χ4v) is 1.46. The van der Waals surface area contributed by atoms with Gasteiger partial charge >= 0.3 is 21.5 Å². The van der Waals surface area contributed by atoms with E-state index in [9.17, 15) is 26.4 Å². The van der Waals surface area contributed by atoms with Crippen LogP contribution in [0.15, 0.2) is 0 Å². The number of sulfonamides is 1. The highest BCUT2D eigenvalue weighted by Gasteiger charge is 2.48. The van der Waals surface area contributed by atoms with E-state index in [0.29, 0.717) is 0 Å². The number of nitrogens with zero attached hydrogens (tertiary/aromatic N) is 1. The van der Waals surface area contributed by atoms with Gasteiger partial charge in [-0.05, 0) is 6.92 Å². The predicted molar refractivity (Wildman–Crippen MR) is 48.9 cm³/mol. The highest BCUT2D eigenvalue weighted by atomic mass is 32.2. The van der Waals surface area contributed by atoms with Gasteiger partial charge in [-0.3, -0.25) is 4.79 Å². The summed E-state index contributed by atoms with van der Waals surface area (Å²) in [5.74, 6) is -0.744. The fourth-order valence-electron chi connectivity index (χ4n) is 0.779. The highest BCUT2D eigenvalue weighted by molar-refractivity contribution is 7.89. The number of halogens is 3. The Kier molecular flexibility index (Phi) is 5.20. The van der Waals surface area contributed by atoms with Crippen molar-refractivity contribution in [3.05, 3.63) is 0 Å². The van der Waals surface area contributed by atoms with Crippen molar-refractivity contribution >= 4 is 16.0 Å². The molecule has 0 aliphatic carbocycles. The molecule has 0 amide bonds. The summed E-state index contributed by atoms with van der Waals surface area (Å²) in [6, 6.07) is 0. The van der Waals surface area contributed by atoms with Crippen molar-refractivity contribution in [3.63, 3.8) is 0 Å². The summed E-state index contributed by atoms with van der Waals surface area (Å²) < 4.78 is 62.1. The molecule has 0 spiro atoms. The molecule has 5 nitrogen and oxygen atoms in total. The van der Waals surface area contributed by atoms with Gasteiger partial charge in [-0.1, -0.05) is 0 Å². The molecule has 0 bridgehead atoms. The first-order valence-corrected chi connectivity index (χ1v) is 5.75. The summed E-state index contributed by atoms with van der Waals surface area (Å²) in [6.45, 7) is 1.06. The first-order valence-electron chi connectivity index (χ1n) is 4.31. The minimum absolute atomic E-state index is 0.0733. The Morgan fingerprint density at radius 3 is 2.25 bits per heavy atom. The van der Waals surface area contributed by atoms with Gasteiger partial charge in [0.2, 0.25) is 0 Å². The van der Waals surface area contributed by atoms with Crippen molar-refractivity contribution in [1.29, 1.82) is 0 Å². The fraction of sp³-hybridized carbons (Fsp3) is 0.857. The second kappa shape index (κ2) is 5.48. The van der Waals surface area contributed by atoms with Crippen LogP contribution in [0, 0.1) is 0 Å². The van der Waals surface area contributed by atoms with Crippen molar-refractivity contribution in [3.8, 4) is 0 Å². The van der Waals surface area contributed by atoms with E-state index in [-0.39, 0.29) is 10.9 Å². The van der Waals surface area contributed by atoms with E-state index in [0.717, 1.165) is 7.05 Å². The Morgan fingerprint density at radius 1 is 1.38 bits per heavy atom. The molecule has 0 aliphatic rings. The molecule has 0 saturated heterocycles. The Bertz CT molecular complexity index is 338.